The Morgan fingerprint density at radius 2 is 2.00 bits per heavy atom. The molecule has 0 bridgehead atoms. The topological polar surface area (TPSA) is 46.2 Å². The lowest BCUT2D eigenvalue weighted by atomic mass is 10.0. The van der Waals surface area contributed by atoms with Gasteiger partial charge in [0.15, 0.2) is 0 Å². The number of rotatable bonds is 2. The predicted octanol–water partition coefficient (Wildman–Crippen LogP) is 2.35. The maximum Gasteiger partial charge on any atom is 0.416 e. The van der Waals surface area contributed by atoms with Crippen molar-refractivity contribution in [2.24, 2.45) is 5.73 Å². The van der Waals surface area contributed by atoms with Crippen LogP contribution in [0.4, 0.5) is 13.2 Å². The Morgan fingerprint density at radius 3 is 2.47 bits per heavy atom. The number of aliphatic hydroxyl groups excluding tert-OH is 1. The van der Waals surface area contributed by atoms with Crippen molar-refractivity contribution >= 4 is 11.6 Å². The summed E-state index contributed by atoms with van der Waals surface area (Å²) in [5.41, 5.74) is 4.67. The monoisotopic (exact) mass is 239 g/mol. The van der Waals surface area contributed by atoms with E-state index in [9.17, 15) is 13.2 Å². The van der Waals surface area contributed by atoms with Crippen LogP contribution >= 0.6 is 11.6 Å². The fraction of sp³-hybridized carbons (Fsp3) is 0.333. The summed E-state index contributed by atoms with van der Waals surface area (Å²) in [5.74, 6) is 0. The van der Waals surface area contributed by atoms with E-state index in [1.165, 1.54) is 0 Å². The molecular formula is C9H9ClF3NO. The molecule has 1 aromatic rings. The second-order valence-corrected chi connectivity index (χ2v) is 3.43. The summed E-state index contributed by atoms with van der Waals surface area (Å²) < 4.78 is 37.0. The molecule has 0 unspecified atom stereocenters. The van der Waals surface area contributed by atoms with E-state index >= 15 is 0 Å². The Morgan fingerprint density at radius 1 is 1.40 bits per heavy atom. The van der Waals surface area contributed by atoms with Crippen LogP contribution in [0.5, 0.6) is 0 Å². The molecule has 1 aromatic carbocycles. The highest BCUT2D eigenvalue weighted by atomic mass is 35.5. The third kappa shape index (κ3) is 2.84. The van der Waals surface area contributed by atoms with Gasteiger partial charge in [-0.15, -0.1) is 0 Å². The van der Waals surface area contributed by atoms with Gasteiger partial charge in [-0.05, 0) is 23.8 Å². The van der Waals surface area contributed by atoms with Crippen LogP contribution in [0.3, 0.4) is 0 Å². The molecule has 84 valence electrons. The summed E-state index contributed by atoms with van der Waals surface area (Å²) in [4.78, 5) is 0. The first kappa shape index (κ1) is 12.3. The van der Waals surface area contributed by atoms with Crippen molar-refractivity contribution in [2.45, 2.75) is 12.2 Å². The minimum atomic E-state index is -4.44. The number of benzene rings is 1. The molecule has 2 nitrogen and oxygen atoms in total. The number of nitrogens with two attached hydrogens (primary N) is 1. The highest BCUT2D eigenvalue weighted by Gasteiger charge is 2.31. The van der Waals surface area contributed by atoms with Gasteiger partial charge in [-0.2, -0.15) is 13.2 Å². The second kappa shape index (κ2) is 4.38. The average Bonchev–Trinajstić information content (AvgIpc) is 2.15. The van der Waals surface area contributed by atoms with Gasteiger partial charge < -0.3 is 10.8 Å². The summed E-state index contributed by atoms with van der Waals surface area (Å²) in [6, 6.07) is 1.94. The lowest BCUT2D eigenvalue weighted by Crippen LogP contribution is -2.16. The number of hydrogen-bond donors (Lipinski definition) is 2. The van der Waals surface area contributed by atoms with Gasteiger partial charge in [-0.1, -0.05) is 11.6 Å². The number of hydrogen-bond acceptors (Lipinski definition) is 2. The normalized spacial score (nSPS) is 14.0. The van der Waals surface area contributed by atoms with Crippen LogP contribution in [-0.2, 0) is 6.18 Å². The summed E-state index contributed by atoms with van der Waals surface area (Å²) in [5, 5.41) is 8.86. The van der Waals surface area contributed by atoms with E-state index < -0.39 is 24.4 Å². The van der Waals surface area contributed by atoms with Gasteiger partial charge in [-0.3, -0.25) is 0 Å². The first-order chi connectivity index (χ1) is 6.86. The number of halogens is 4. The molecule has 6 heteroatoms. The van der Waals surface area contributed by atoms with Gasteiger partial charge in [0.05, 0.1) is 18.2 Å². The average molecular weight is 240 g/mol. The van der Waals surface area contributed by atoms with Crippen molar-refractivity contribution in [1.29, 1.82) is 0 Å². The smallest absolute Gasteiger partial charge is 0.394 e. The number of alkyl halides is 3. The predicted molar refractivity (Wildman–Crippen MR) is 50.5 cm³/mol. The molecule has 0 spiro atoms. The van der Waals surface area contributed by atoms with Gasteiger partial charge in [0.1, 0.15) is 0 Å². The fourth-order valence-electron chi connectivity index (χ4n) is 1.10. The molecule has 0 aliphatic heterocycles. The van der Waals surface area contributed by atoms with Crippen molar-refractivity contribution < 1.29 is 18.3 Å². The first-order valence-corrected chi connectivity index (χ1v) is 4.47. The molecule has 0 aliphatic carbocycles. The van der Waals surface area contributed by atoms with E-state index in [2.05, 4.69) is 0 Å². The van der Waals surface area contributed by atoms with E-state index in [0.717, 1.165) is 18.2 Å². The van der Waals surface area contributed by atoms with Gasteiger partial charge in [0.25, 0.3) is 0 Å². The van der Waals surface area contributed by atoms with Crippen molar-refractivity contribution in [1.82, 2.24) is 0 Å². The van der Waals surface area contributed by atoms with Crippen LogP contribution in [0, 0.1) is 0 Å². The van der Waals surface area contributed by atoms with Gasteiger partial charge in [-0.25, -0.2) is 0 Å². The standard InChI is InChI=1S/C9H9ClF3NO/c10-7-2-1-5(9(11,12)13)3-6(7)8(14)4-15/h1-3,8,15H,4,14H2/t8-/m0/s1. The Balaban J connectivity index is 3.17. The Kier molecular flexibility index (Phi) is 3.59. The Hall–Kier alpha value is -0.780. The summed E-state index contributed by atoms with van der Waals surface area (Å²) in [6.45, 7) is -0.457. The van der Waals surface area contributed by atoms with Crippen molar-refractivity contribution in [3.63, 3.8) is 0 Å². The Labute approximate surface area is 89.5 Å². The van der Waals surface area contributed by atoms with E-state index in [4.69, 9.17) is 22.4 Å². The zero-order chi connectivity index (χ0) is 11.6. The van der Waals surface area contributed by atoms with Gasteiger partial charge in [0, 0.05) is 5.02 Å². The molecule has 15 heavy (non-hydrogen) atoms. The molecule has 0 radical (unpaired) electrons. The zero-order valence-corrected chi connectivity index (χ0v) is 8.31. The van der Waals surface area contributed by atoms with Gasteiger partial charge in [0.2, 0.25) is 0 Å². The molecule has 1 atom stereocenters. The maximum atomic E-state index is 12.3. The van der Waals surface area contributed by atoms with Crippen LogP contribution in [0.25, 0.3) is 0 Å². The molecule has 0 saturated carbocycles. The van der Waals surface area contributed by atoms with E-state index in [1.807, 2.05) is 0 Å². The molecule has 0 saturated heterocycles. The quantitative estimate of drug-likeness (QED) is 0.832. The van der Waals surface area contributed by atoms with E-state index in [0.29, 0.717) is 0 Å². The highest BCUT2D eigenvalue weighted by Crippen LogP contribution is 2.33. The molecule has 0 aromatic heterocycles. The summed E-state index contributed by atoms with van der Waals surface area (Å²) in [7, 11) is 0. The molecular weight excluding hydrogens is 231 g/mol. The SMILES string of the molecule is N[C@@H](CO)c1cc(C(F)(F)F)ccc1Cl. The molecule has 0 aliphatic rings. The lowest BCUT2D eigenvalue weighted by molar-refractivity contribution is -0.137. The maximum absolute atomic E-state index is 12.3. The molecule has 0 heterocycles. The third-order valence-electron chi connectivity index (χ3n) is 1.92. The van der Waals surface area contributed by atoms with Crippen LogP contribution in [-0.4, -0.2) is 11.7 Å². The zero-order valence-electron chi connectivity index (χ0n) is 7.55. The minimum absolute atomic E-state index is 0.0917. The van der Waals surface area contributed by atoms with Crippen molar-refractivity contribution in [3.8, 4) is 0 Å². The molecule has 3 N–H and O–H groups in total. The van der Waals surface area contributed by atoms with E-state index in [1.54, 1.807) is 0 Å². The van der Waals surface area contributed by atoms with Crippen molar-refractivity contribution in [2.75, 3.05) is 6.61 Å². The fourth-order valence-corrected chi connectivity index (χ4v) is 1.36. The lowest BCUT2D eigenvalue weighted by Gasteiger charge is -2.14. The second-order valence-electron chi connectivity index (χ2n) is 3.02. The minimum Gasteiger partial charge on any atom is -0.394 e. The van der Waals surface area contributed by atoms with Crippen LogP contribution in [0.1, 0.15) is 17.2 Å². The summed E-state index contributed by atoms with van der Waals surface area (Å²) >= 11 is 5.66. The van der Waals surface area contributed by atoms with Gasteiger partial charge >= 0.3 is 6.18 Å². The Bertz CT molecular complexity index is 354. The first-order valence-electron chi connectivity index (χ1n) is 4.09. The summed E-state index contributed by atoms with van der Waals surface area (Å²) in [6.07, 6.45) is -4.44. The van der Waals surface area contributed by atoms with Crippen LogP contribution in [0.2, 0.25) is 5.02 Å². The molecule has 1 rings (SSSR count). The molecule has 0 amide bonds. The van der Waals surface area contributed by atoms with Crippen molar-refractivity contribution in [3.05, 3.63) is 34.3 Å². The van der Waals surface area contributed by atoms with E-state index in [-0.39, 0.29) is 10.6 Å². The number of aliphatic hydroxyl groups is 1. The highest BCUT2D eigenvalue weighted by molar-refractivity contribution is 6.31. The van der Waals surface area contributed by atoms with Crippen LogP contribution in [0.15, 0.2) is 18.2 Å². The largest absolute Gasteiger partial charge is 0.416 e. The van der Waals surface area contributed by atoms with Crippen LogP contribution < -0.4 is 5.73 Å². The third-order valence-corrected chi connectivity index (χ3v) is 2.26. The molecule has 0 fully saturated rings.